The van der Waals surface area contributed by atoms with Crippen molar-refractivity contribution in [2.75, 3.05) is 3.76 Å². The molecule has 1 aromatic rings. The summed E-state index contributed by atoms with van der Waals surface area (Å²) < 4.78 is 45.7. The van der Waals surface area contributed by atoms with Crippen LogP contribution in [0.4, 0.5) is 8.78 Å². The van der Waals surface area contributed by atoms with Gasteiger partial charge in [-0.3, -0.25) is 0 Å². The fraction of sp³-hybridized carbons (Fsp3) is 0.250. The van der Waals surface area contributed by atoms with E-state index in [1.54, 1.807) is 28.7 Å². The number of halogens is 3. The zero-order valence-electron chi connectivity index (χ0n) is 7.36. The highest BCUT2D eigenvalue weighted by Gasteiger charge is 2.46. The van der Waals surface area contributed by atoms with Crippen LogP contribution in [-0.4, -0.2) is 16.8 Å². The van der Waals surface area contributed by atoms with E-state index in [-0.39, 0.29) is 20.4 Å². The molecule has 0 saturated carbocycles. The number of sulfone groups is 1. The quantitative estimate of drug-likeness (QED) is 0.608. The van der Waals surface area contributed by atoms with Gasteiger partial charge in [-0.05, 0) is 12.1 Å². The Balaban J connectivity index is 3.14. The van der Waals surface area contributed by atoms with E-state index in [4.69, 9.17) is 0 Å². The van der Waals surface area contributed by atoms with E-state index in [1.165, 1.54) is 12.1 Å². The van der Waals surface area contributed by atoms with Crippen molar-refractivity contribution in [2.45, 2.75) is 9.48 Å². The van der Waals surface area contributed by atoms with E-state index < -0.39 is 14.4 Å². The molecule has 0 aliphatic rings. The molecule has 0 N–H and O–H groups in total. The lowest BCUT2D eigenvalue weighted by atomic mass is 10.4. The first kappa shape index (κ1) is 13.2. The molecule has 2 nitrogen and oxygen atoms in total. The molecule has 0 amide bonds. The summed E-state index contributed by atoms with van der Waals surface area (Å²) in [6, 6.07) is 6.73. The molecular formula is C8H7F2IO2S2. The molecule has 1 rings (SSSR count). The first-order valence-electron chi connectivity index (χ1n) is 3.79. The smallest absolute Gasteiger partial charge is 0.216 e. The van der Waals surface area contributed by atoms with Crippen LogP contribution in [0.5, 0.6) is 0 Å². The van der Waals surface area contributed by atoms with Crippen molar-refractivity contribution in [1.29, 1.82) is 0 Å². The van der Waals surface area contributed by atoms with Crippen LogP contribution in [-0.2, 0) is 9.84 Å². The molecular weight excluding hydrogens is 357 g/mol. The zero-order chi connectivity index (χ0) is 11.5. The van der Waals surface area contributed by atoms with Gasteiger partial charge in [-0.25, -0.2) is 8.42 Å². The highest BCUT2D eigenvalue weighted by molar-refractivity contribution is 14.1. The number of hydrogen-bond acceptors (Lipinski definition) is 3. The fourth-order valence-corrected chi connectivity index (χ4v) is 4.69. The van der Waals surface area contributed by atoms with Crippen LogP contribution in [0.25, 0.3) is 0 Å². The normalized spacial score (nSPS) is 12.7. The summed E-state index contributed by atoms with van der Waals surface area (Å²) in [6.45, 7) is 0. The minimum absolute atomic E-state index is 0.0107. The molecule has 0 atom stereocenters. The summed E-state index contributed by atoms with van der Waals surface area (Å²) in [5.74, 6) is 0. The van der Waals surface area contributed by atoms with Gasteiger partial charge in [0.25, 0.3) is 9.84 Å². The molecule has 0 spiro atoms. The van der Waals surface area contributed by atoms with Crippen LogP contribution in [0, 0.1) is 0 Å². The van der Waals surface area contributed by atoms with Gasteiger partial charge in [-0.15, -0.1) is 0 Å². The Labute approximate surface area is 105 Å². The molecule has 0 fully saturated rings. The van der Waals surface area contributed by atoms with Gasteiger partial charge in [-0.1, -0.05) is 52.6 Å². The Morgan fingerprint density at radius 1 is 1.27 bits per heavy atom. The lowest BCUT2D eigenvalue weighted by Crippen LogP contribution is -2.25. The largest absolute Gasteiger partial charge is 0.398 e. The number of benzene rings is 1. The Kier molecular flexibility index (Phi) is 4.36. The van der Waals surface area contributed by atoms with Gasteiger partial charge >= 0.3 is 4.59 Å². The fourth-order valence-electron chi connectivity index (χ4n) is 0.878. The van der Waals surface area contributed by atoms with E-state index in [2.05, 4.69) is 0 Å². The first-order chi connectivity index (χ1) is 6.92. The summed E-state index contributed by atoms with van der Waals surface area (Å²) >= 11 is 1.79. The van der Waals surface area contributed by atoms with E-state index in [9.17, 15) is 17.2 Å². The molecule has 1 aromatic carbocycles. The minimum atomic E-state index is -4.58. The highest BCUT2D eigenvalue weighted by Crippen LogP contribution is 2.39. The van der Waals surface area contributed by atoms with Crippen LogP contribution in [0.2, 0.25) is 0 Å². The molecule has 0 unspecified atom stereocenters. The Bertz CT molecular complexity index is 420. The van der Waals surface area contributed by atoms with Gasteiger partial charge in [0.15, 0.2) is 0 Å². The molecule has 0 aliphatic carbocycles. The van der Waals surface area contributed by atoms with E-state index in [1.807, 2.05) is 0 Å². The minimum Gasteiger partial charge on any atom is -0.216 e. The van der Waals surface area contributed by atoms with Gasteiger partial charge in [0.1, 0.15) is 0 Å². The van der Waals surface area contributed by atoms with E-state index >= 15 is 0 Å². The zero-order valence-corrected chi connectivity index (χ0v) is 11.2. The van der Waals surface area contributed by atoms with Gasteiger partial charge in [-0.2, -0.15) is 8.78 Å². The van der Waals surface area contributed by atoms with Crippen molar-refractivity contribution in [2.24, 2.45) is 0 Å². The third-order valence-electron chi connectivity index (χ3n) is 1.59. The lowest BCUT2D eigenvalue weighted by Gasteiger charge is -2.14. The summed E-state index contributed by atoms with van der Waals surface area (Å²) in [7, 11) is -4.58. The molecule has 0 heterocycles. The van der Waals surface area contributed by atoms with Crippen LogP contribution < -0.4 is 0 Å². The van der Waals surface area contributed by atoms with E-state index in [0.29, 0.717) is 0 Å². The van der Waals surface area contributed by atoms with Gasteiger partial charge in [0.2, 0.25) is 0 Å². The third kappa shape index (κ3) is 2.82. The Morgan fingerprint density at radius 2 is 1.80 bits per heavy atom. The van der Waals surface area contributed by atoms with Crippen molar-refractivity contribution in [3.63, 3.8) is 0 Å². The van der Waals surface area contributed by atoms with E-state index in [0.717, 1.165) is 12.1 Å². The van der Waals surface area contributed by atoms with Gasteiger partial charge < -0.3 is 0 Å². The maximum absolute atomic E-state index is 13.3. The molecule has 0 aliphatic heterocycles. The predicted octanol–water partition coefficient (Wildman–Crippen LogP) is 3.14. The number of thioether (sulfide) groups is 1. The number of alkyl halides is 3. The van der Waals surface area contributed by atoms with Crippen LogP contribution in [0.1, 0.15) is 0 Å². The van der Waals surface area contributed by atoms with Gasteiger partial charge in [0, 0.05) is 0 Å². The average Bonchev–Trinajstić information content (AvgIpc) is 2.19. The van der Waals surface area contributed by atoms with Crippen molar-refractivity contribution in [3.8, 4) is 0 Å². The molecule has 84 valence electrons. The summed E-state index contributed by atoms with van der Waals surface area (Å²) in [5, 5.41) is 0. The SMILES string of the molecule is O=S(=O)(c1ccccc1)C(F)(F)SCI. The van der Waals surface area contributed by atoms with Crippen molar-refractivity contribution in [1.82, 2.24) is 0 Å². The highest BCUT2D eigenvalue weighted by atomic mass is 127. The molecule has 0 radical (unpaired) electrons. The Morgan fingerprint density at radius 3 is 2.27 bits per heavy atom. The van der Waals surface area contributed by atoms with Crippen LogP contribution in [0.3, 0.4) is 0 Å². The topological polar surface area (TPSA) is 34.1 Å². The maximum atomic E-state index is 13.3. The van der Waals surface area contributed by atoms with Crippen molar-refractivity contribution >= 4 is 44.2 Å². The lowest BCUT2D eigenvalue weighted by molar-refractivity contribution is 0.196. The third-order valence-corrected chi connectivity index (χ3v) is 5.50. The molecule has 0 saturated heterocycles. The molecule has 0 bridgehead atoms. The van der Waals surface area contributed by atoms with Crippen LogP contribution in [0.15, 0.2) is 35.2 Å². The van der Waals surface area contributed by atoms with Crippen LogP contribution >= 0.6 is 34.4 Å². The standard InChI is InChI=1S/C8H7F2IO2S2/c9-8(10,14-6-11)15(12,13)7-4-2-1-3-5-7/h1-5H,6H2. The number of rotatable bonds is 4. The second-order valence-corrected chi connectivity index (χ2v) is 7.67. The molecule has 15 heavy (non-hydrogen) atoms. The second kappa shape index (κ2) is 4.96. The molecule has 0 aromatic heterocycles. The van der Waals surface area contributed by atoms with Crippen molar-refractivity contribution < 1.29 is 17.2 Å². The number of hydrogen-bond donors (Lipinski definition) is 0. The summed E-state index contributed by atoms with van der Waals surface area (Å²) in [6.07, 6.45) is 0. The van der Waals surface area contributed by atoms with Gasteiger partial charge in [0.05, 0.1) is 8.66 Å². The average molecular weight is 364 g/mol. The van der Waals surface area contributed by atoms with Crippen molar-refractivity contribution in [3.05, 3.63) is 30.3 Å². The Hall–Kier alpha value is 0.110. The maximum Gasteiger partial charge on any atom is 0.398 e. The summed E-state index contributed by atoms with van der Waals surface area (Å²) in [5.41, 5.74) is 0. The monoisotopic (exact) mass is 364 g/mol. The summed E-state index contributed by atoms with van der Waals surface area (Å²) in [4.78, 5) is -0.354. The predicted molar refractivity (Wildman–Crippen MR) is 65.1 cm³/mol. The first-order valence-corrected chi connectivity index (χ1v) is 7.78. The molecule has 7 heteroatoms. The second-order valence-electron chi connectivity index (χ2n) is 2.53.